The number of halogens is 1. The number of carbonyl (C=O) groups excluding carboxylic acids is 1. The van der Waals surface area contributed by atoms with E-state index in [-0.39, 0.29) is 11.6 Å². The molecule has 2 amide bonds. The highest BCUT2D eigenvalue weighted by Crippen LogP contribution is 2.22. The van der Waals surface area contributed by atoms with E-state index in [0.717, 1.165) is 6.42 Å². The molecule has 2 N–H and O–H groups in total. The summed E-state index contributed by atoms with van der Waals surface area (Å²) in [5, 5.41) is 11.9. The number of nitrogens with one attached hydrogen (secondary N) is 1. The third-order valence-corrected chi connectivity index (χ3v) is 4.13. The number of nitrogens with zero attached hydrogens (tertiary/aromatic N) is 2. The molecule has 0 radical (unpaired) electrons. The van der Waals surface area contributed by atoms with Crippen molar-refractivity contribution in [3.05, 3.63) is 28.2 Å². The van der Waals surface area contributed by atoms with Crippen LogP contribution in [0.25, 0.3) is 0 Å². The van der Waals surface area contributed by atoms with Gasteiger partial charge in [-0.25, -0.2) is 9.59 Å². The SMILES string of the molecule is CN(C)C1CCN(C(=O)Nc2ccc(Br)cc2C(=O)O)C1. The smallest absolute Gasteiger partial charge is 0.337 e. The Balaban J connectivity index is 2.09. The van der Waals surface area contributed by atoms with Gasteiger partial charge in [-0.2, -0.15) is 0 Å². The van der Waals surface area contributed by atoms with Crippen molar-refractivity contribution < 1.29 is 14.7 Å². The van der Waals surface area contributed by atoms with Gasteiger partial charge in [0, 0.05) is 23.6 Å². The number of urea groups is 1. The van der Waals surface area contributed by atoms with E-state index >= 15 is 0 Å². The molecular formula is C14H18BrN3O3. The molecule has 1 aliphatic heterocycles. The second kappa shape index (κ2) is 6.44. The van der Waals surface area contributed by atoms with Crippen LogP contribution < -0.4 is 5.32 Å². The van der Waals surface area contributed by atoms with Gasteiger partial charge in [0.05, 0.1) is 11.3 Å². The average Bonchev–Trinajstić information content (AvgIpc) is 2.90. The summed E-state index contributed by atoms with van der Waals surface area (Å²) >= 11 is 3.23. The summed E-state index contributed by atoms with van der Waals surface area (Å²) in [5.74, 6) is -1.07. The van der Waals surface area contributed by atoms with Crippen LogP contribution in [0.5, 0.6) is 0 Å². The van der Waals surface area contributed by atoms with E-state index in [1.165, 1.54) is 6.07 Å². The van der Waals surface area contributed by atoms with E-state index in [2.05, 4.69) is 26.1 Å². The second-order valence-corrected chi connectivity index (χ2v) is 6.19. The summed E-state index contributed by atoms with van der Waals surface area (Å²) in [6.07, 6.45) is 0.923. The van der Waals surface area contributed by atoms with Crippen molar-refractivity contribution >= 4 is 33.6 Å². The molecule has 1 aromatic rings. The zero-order chi connectivity index (χ0) is 15.6. The number of likely N-dealkylation sites (tertiary alicyclic amines) is 1. The number of benzene rings is 1. The standard InChI is InChI=1S/C14H18BrN3O3/c1-17(2)10-5-6-18(8-10)14(21)16-12-4-3-9(15)7-11(12)13(19)20/h3-4,7,10H,5-6,8H2,1-2H3,(H,16,21)(H,19,20). The van der Waals surface area contributed by atoms with Crippen LogP contribution in [0, 0.1) is 0 Å². The number of hydrogen-bond donors (Lipinski definition) is 2. The fourth-order valence-corrected chi connectivity index (χ4v) is 2.71. The van der Waals surface area contributed by atoms with Gasteiger partial charge >= 0.3 is 12.0 Å². The molecule has 1 unspecified atom stereocenters. The zero-order valence-corrected chi connectivity index (χ0v) is 13.6. The fraction of sp³-hybridized carbons (Fsp3) is 0.429. The minimum absolute atomic E-state index is 0.0704. The lowest BCUT2D eigenvalue weighted by atomic mass is 10.2. The van der Waals surface area contributed by atoms with Gasteiger partial charge < -0.3 is 20.2 Å². The van der Waals surface area contributed by atoms with Crippen LogP contribution >= 0.6 is 15.9 Å². The van der Waals surface area contributed by atoms with Crippen LogP contribution in [-0.4, -0.2) is 60.1 Å². The van der Waals surface area contributed by atoms with Crippen LogP contribution in [0.2, 0.25) is 0 Å². The number of carboxylic acid groups (broad SMARTS) is 1. The number of aromatic carboxylic acids is 1. The maximum absolute atomic E-state index is 12.2. The molecule has 114 valence electrons. The first kappa shape index (κ1) is 15.8. The minimum atomic E-state index is -1.07. The Morgan fingerprint density at radius 2 is 2.14 bits per heavy atom. The molecule has 0 saturated carbocycles. The highest BCUT2D eigenvalue weighted by atomic mass is 79.9. The summed E-state index contributed by atoms with van der Waals surface area (Å²) in [4.78, 5) is 27.3. The van der Waals surface area contributed by atoms with Crippen LogP contribution in [0.4, 0.5) is 10.5 Å². The highest BCUT2D eigenvalue weighted by Gasteiger charge is 2.28. The molecule has 0 aromatic heterocycles. The zero-order valence-electron chi connectivity index (χ0n) is 12.0. The molecule has 1 heterocycles. The molecule has 7 heteroatoms. The van der Waals surface area contributed by atoms with Crippen LogP contribution in [-0.2, 0) is 0 Å². The van der Waals surface area contributed by atoms with Gasteiger partial charge in [-0.05, 0) is 38.7 Å². The first-order valence-corrected chi connectivity index (χ1v) is 7.43. The molecule has 1 fully saturated rings. The topological polar surface area (TPSA) is 72.9 Å². The second-order valence-electron chi connectivity index (χ2n) is 5.28. The van der Waals surface area contributed by atoms with E-state index in [0.29, 0.717) is 29.3 Å². The van der Waals surface area contributed by atoms with E-state index in [4.69, 9.17) is 0 Å². The van der Waals surface area contributed by atoms with Gasteiger partial charge in [0.25, 0.3) is 0 Å². The maximum Gasteiger partial charge on any atom is 0.337 e. The summed E-state index contributed by atoms with van der Waals surface area (Å²) in [5.41, 5.74) is 0.380. The van der Waals surface area contributed by atoms with Gasteiger partial charge in [-0.3, -0.25) is 0 Å². The van der Waals surface area contributed by atoms with Crippen LogP contribution in [0.15, 0.2) is 22.7 Å². The summed E-state index contributed by atoms with van der Waals surface area (Å²) in [7, 11) is 3.98. The quantitative estimate of drug-likeness (QED) is 0.872. The molecule has 0 bridgehead atoms. The van der Waals surface area contributed by atoms with Crippen molar-refractivity contribution in [1.82, 2.24) is 9.80 Å². The van der Waals surface area contributed by atoms with Gasteiger partial charge in [0.2, 0.25) is 0 Å². The van der Waals surface area contributed by atoms with Crippen LogP contribution in [0.1, 0.15) is 16.8 Å². The molecule has 0 spiro atoms. The first-order chi connectivity index (χ1) is 9.88. The lowest BCUT2D eigenvalue weighted by Gasteiger charge is -2.21. The Kier molecular flexibility index (Phi) is 4.84. The monoisotopic (exact) mass is 355 g/mol. The summed E-state index contributed by atoms with van der Waals surface area (Å²) in [6.45, 7) is 1.32. The Bertz CT molecular complexity index is 562. The molecule has 1 aliphatic rings. The Hall–Kier alpha value is -1.60. The Labute approximate surface area is 131 Å². The largest absolute Gasteiger partial charge is 0.478 e. The molecule has 6 nitrogen and oxygen atoms in total. The van der Waals surface area contributed by atoms with Gasteiger partial charge in [-0.15, -0.1) is 0 Å². The highest BCUT2D eigenvalue weighted by molar-refractivity contribution is 9.10. The van der Waals surface area contributed by atoms with E-state index in [1.807, 2.05) is 14.1 Å². The van der Waals surface area contributed by atoms with Gasteiger partial charge in [0.1, 0.15) is 0 Å². The van der Waals surface area contributed by atoms with Crippen molar-refractivity contribution in [1.29, 1.82) is 0 Å². The molecule has 2 rings (SSSR count). The summed E-state index contributed by atoms with van der Waals surface area (Å²) < 4.78 is 0.659. The number of amides is 2. The molecule has 1 atom stereocenters. The normalized spacial score (nSPS) is 18.1. The number of carbonyl (C=O) groups is 2. The fourth-order valence-electron chi connectivity index (χ4n) is 2.34. The van der Waals surface area contributed by atoms with E-state index < -0.39 is 5.97 Å². The maximum atomic E-state index is 12.2. The lowest BCUT2D eigenvalue weighted by Crippen LogP contribution is -2.37. The third-order valence-electron chi connectivity index (χ3n) is 3.63. The predicted molar refractivity (Wildman–Crippen MR) is 83.8 cm³/mol. The summed E-state index contributed by atoms with van der Waals surface area (Å²) in [6, 6.07) is 4.85. The van der Waals surface area contributed by atoms with E-state index in [1.54, 1.807) is 17.0 Å². The third kappa shape index (κ3) is 3.74. The molecule has 1 saturated heterocycles. The number of anilines is 1. The van der Waals surface area contributed by atoms with Crippen molar-refractivity contribution in [3.8, 4) is 0 Å². The number of likely N-dealkylation sites (N-methyl/N-ethyl adjacent to an activating group) is 1. The average molecular weight is 356 g/mol. The van der Waals surface area contributed by atoms with Crippen molar-refractivity contribution in [2.45, 2.75) is 12.5 Å². The lowest BCUT2D eigenvalue weighted by molar-refractivity contribution is 0.0698. The predicted octanol–water partition coefficient (Wildman–Crippen LogP) is 2.32. The Morgan fingerprint density at radius 3 is 2.71 bits per heavy atom. The van der Waals surface area contributed by atoms with Crippen molar-refractivity contribution in [2.75, 3.05) is 32.5 Å². The Morgan fingerprint density at radius 1 is 1.43 bits per heavy atom. The molecule has 1 aromatic carbocycles. The number of hydrogen-bond acceptors (Lipinski definition) is 3. The van der Waals surface area contributed by atoms with Crippen molar-refractivity contribution in [3.63, 3.8) is 0 Å². The molecule has 21 heavy (non-hydrogen) atoms. The van der Waals surface area contributed by atoms with E-state index in [9.17, 15) is 14.7 Å². The first-order valence-electron chi connectivity index (χ1n) is 6.63. The number of carboxylic acids is 1. The van der Waals surface area contributed by atoms with Gasteiger partial charge in [0.15, 0.2) is 0 Å². The number of rotatable bonds is 3. The van der Waals surface area contributed by atoms with Crippen molar-refractivity contribution in [2.24, 2.45) is 0 Å². The van der Waals surface area contributed by atoms with Crippen LogP contribution in [0.3, 0.4) is 0 Å². The molecular weight excluding hydrogens is 338 g/mol. The van der Waals surface area contributed by atoms with Gasteiger partial charge in [-0.1, -0.05) is 15.9 Å². The molecule has 0 aliphatic carbocycles. The minimum Gasteiger partial charge on any atom is -0.478 e.